The molecule has 0 radical (unpaired) electrons. The molecule has 0 bridgehead atoms. The normalized spacial score (nSPS) is 17.5. The number of benzene rings is 1. The van der Waals surface area contributed by atoms with Crippen molar-refractivity contribution < 1.29 is 9.18 Å². The average Bonchev–Trinajstić information content (AvgIpc) is 3.31. The zero-order valence-electron chi connectivity index (χ0n) is 14.4. The number of likely N-dealkylation sites (tertiary alicyclic amines) is 1. The van der Waals surface area contributed by atoms with Gasteiger partial charge in [-0.2, -0.15) is 5.10 Å². The molecule has 1 atom stereocenters. The predicted molar refractivity (Wildman–Crippen MR) is 98.7 cm³/mol. The summed E-state index contributed by atoms with van der Waals surface area (Å²) >= 11 is 1.49. The quantitative estimate of drug-likeness (QED) is 0.758. The van der Waals surface area contributed by atoms with Gasteiger partial charge in [0, 0.05) is 35.6 Å². The number of aromatic nitrogens is 3. The van der Waals surface area contributed by atoms with Crippen molar-refractivity contribution in [2.24, 2.45) is 0 Å². The van der Waals surface area contributed by atoms with Gasteiger partial charge >= 0.3 is 0 Å². The Labute approximate surface area is 154 Å². The molecule has 0 spiro atoms. The van der Waals surface area contributed by atoms with E-state index in [4.69, 9.17) is 0 Å². The maximum Gasteiger partial charge on any atom is 0.273 e. The number of nitrogens with zero attached hydrogens (tertiary/aromatic N) is 3. The Kier molecular flexibility index (Phi) is 4.55. The number of rotatable bonds is 3. The number of nitrogens with one attached hydrogen (secondary N) is 1. The van der Waals surface area contributed by atoms with Gasteiger partial charge in [0.25, 0.3) is 5.91 Å². The molecule has 1 aromatic carbocycles. The summed E-state index contributed by atoms with van der Waals surface area (Å²) < 4.78 is 13.2. The van der Waals surface area contributed by atoms with Crippen LogP contribution in [0.15, 0.2) is 35.8 Å². The Balaban J connectivity index is 1.56. The molecule has 1 saturated heterocycles. The Morgan fingerprint density at radius 3 is 2.88 bits per heavy atom. The van der Waals surface area contributed by atoms with Crippen LogP contribution < -0.4 is 0 Å². The van der Waals surface area contributed by atoms with E-state index in [1.54, 1.807) is 18.3 Å². The minimum atomic E-state index is -0.258. The third kappa shape index (κ3) is 3.26. The van der Waals surface area contributed by atoms with Gasteiger partial charge in [-0.15, -0.1) is 11.3 Å². The second-order valence-corrected chi connectivity index (χ2v) is 7.61. The summed E-state index contributed by atoms with van der Waals surface area (Å²) in [7, 11) is 0. The van der Waals surface area contributed by atoms with Gasteiger partial charge in [0.05, 0.1) is 11.2 Å². The molecule has 1 fully saturated rings. The first-order valence-corrected chi connectivity index (χ1v) is 9.50. The van der Waals surface area contributed by atoms with Gasteiger partial charge < -0.3 is 4.90 Å². The van der Waals surface area contributed by atoms with Gasteiger partial charge in [0.2, 0.25) is 0 Å². The van der Waals surface area contributed by atoms with Crippen LogP contribution in [0.4, 0.5) is 4.39 Å². The lowest BCUT2D eigenvalue weighted by molar-refractivity contribution is 0.0700. The number of aromatic amines is 1. The van der Waals surface area contributed by atoms with E-state index in [9.17, 15) is 9.18 Å². The SMILES string of the molecule is Cc1nc(C(=O)N2CCCC(c3[nH]ncc3-c3ccc(F)cc3)C2)cs1. The highest BCUT2D eigenvalue weighted by Gasteiger charge is 2.29. The van der Waals surface area contributed by atoms with Crippen LogP contribution in [0.1, 0.15) is 39.9 Å². The number of carbonyl (C=O) groups is 1. The fourth-order valence-corrected chi connectivity index (χ4v) is 4.07. The van der Waals surface area contributed by atoms with Crippen molar-refractivity contribution in [3.8, 4) is 11.1 Å². The molecule has 26 heavy (non-hydrogen) atoms. The first kappa shape index (κ1) is 16.9. The van der Waals surface area contributed by atoms with Gasteiger partial charge in [-0.1, -0.05) is 12.1 Å². The minimum absolute atomic E-state index is 0.0121. The summed E-state index contributed by atoms with van der Waals surface area (Å²) in [6, 6.07) is 6.42. The van der Waals surface area contributed by atoms with Crippen LogP contribution in [0.5, 0.6) is 0 Å². The number of amides is 1. The Bertz CT molecular complexity index is 918. The summed E-state index contributed by atoms with van der Waals surface area (Å²) in [6.45, 7) is 3.28. The van der Waals surface area contributed by atoms with Crippen molar-refractivity contribution in [1.82, 2.24) is 20.1 Å². The number of carbonyl (C=O) groups excluding carboxylic acids is 1. The maximum absolute atomic E-state index is 13.2. The molecule has 2 aromatic heterocycles. The van der Waals surface area contributed by atoms with E-state index in [0.717, 1.165) is 41.2 Å². The van der Waals surface area contributed by atoms with Crippen molar-refractivity contribution in [2.75, 3.05) is 13.1 Å². The van der Waals surface area contributed by atoms with Crippen molar-refractivity contribution >= 4 is 17.2 Å². The number of piperidine rings is 1. The molecule has 1 N–H and O–H groups in total. The molecule has 1 unspecified atom stereocenters. The summed E-state index contributed by atoms with van der Waals surface area (Å²) in [5, 5.41) is 10.0. The molecule has 7 heteroatoms. The molecular weight excluding hydrogens is 351 g/mol. The zero-order chi connectivity index (χ0) is 18.1. The van der Waals surface area contributed by atoms with E-state index in [1.165, 1.54) is 23.5 Å². The number of hydrogen-bond acceptors (Lipinski definition) is 4. The van der Waals surface area contributed by atoms with Crippen LogP contribution in [0, 0.1) is 12.7 Å². The number of halogens is 1. The number of H-pyrrole nitrogens is 1. The van der Waals surface area contributed by atoms with Crippen molar-refractivity contribution in [3.63, 3.8) is 0 Å². The van der Waals surface area contributed by atoms with E-state index < -0.39 is 0 Å². The third-order valence-corrected chi connectivity index (χ3v) is 5.55. The van der Waals surface area contributed by atoms with Crippen LogP contribution in [0.2, 0.25) is 0 Å². The minimum Gasteiger partial charge on any atom is -0.337 e. The van der Waals surface area contributed by atoms with Crippen LogP contribution in [-0.2, 0) is 0 Å². The maximum atomic E-state index is 13.2. The van der Waals surface area contributed by atoms with E-state index in [1.807, 2.05) is 17.2 Å². The summed E-state index contributed by atoms with van der Waals surface area (Å²) in [6.07, 6.45) is 3.69. The number of aryl methyl sites for hydroxylation is 1. The highest BCUT2D eigenvalue weighted by molar-refractivity contribution is 7.09. The van der Waals surface area contributed by atoms with E-state index >= 15 is 0 Å². The Morgan fingerprint density at radius 2 is 2.15 bits per heavy atom. The third-order valence-electron chi connectivity index (χ3n) is 4.78. The van der Waals surface area contributed by atoms with Crippen molar-refractivity contribution in [2.45, 2.75) is 25.7 Å². The first-order valence-electron chi connectivity index (χ1n) is 8.62. The van der Waals surface area contributed by atoms with Gasteiger partial charge in [-0.25, -0.2) is 9.37 Å². The molecule has 3 heterocycles. The van der Waals surface area contributed by atoms with Crippen LogP contribution >= 0.6 is 11.3 Å². The molecule has 1 aliphatic rings. The van der Waals surface area contributed by atoms with Crippen LogP contribution in [-0.4, -0.2) is 39.1 Å². The van der Waals surface area contributed by atoms with Crippen molar-refractivity contribution in [1.29, 1.82) is 0 Å². The largest absolute Gasteiger partial charge is 0.337 e. The van der Waals surface area contributed by atoms with Crippen LogP contribution in [0.25, 0.3) is 11.1 Å². The van der Waals surface area contributed by atoms with E-state index in [0.29, 0.717) is 12.2 Å². The van der Waals surface area contributed by atoms with Gasteiger partial charge in [-0.05, 0) is 37.5 Å². The molecule has 4 rings (SSSR count). The average molecular weight is 370 g/mol. The Morgan fingerprint density at radius 1 is 1.35 bits per heavy atom. The molecule has 1 amide bonds. The monoisotopic (exact) mass is 370 g/mol. The Hall–Kier alpha value is -2.54. The van der Waals surface area contributed by atoms with Gasteiger partial charge in [0.15, 0.2) is 0 Å². The highest BCUT2D eigenvalue weighted by Crippen LogP contribution is 2.33. The lowest BCUT2D eigenvalue weighted by atomic mass is 9.90. The smallest absolute Gasteiger partial charge is 0.273 e. The first-order chi connectivity index (χ1) is 12.6. The topological polar surface area (TPSA) is 61.9 Å². The van der Waals surface area contributed by atoms with E-state index in [-0.39, 0.29) is 17.6 Å². The lowest BCUT2D eigenvalue weighted by Gasteiger charge is -2.32. The predicted octanol–water partition coefficient (Wildman–Crippen LogP) is 4.00. The van der Waals surface area contributed by atoms with Crippen LogP contribution in [0.3, 0.4) is 0 Å². The van der Waals surface area contributed by atoms with E-state index in [2.05, 4.69) is 15.2 Å². The van der Waals surface area contributed by atoms with Gasteiger partial charge in [0.1, 0.15) is 11.5 Å². The molecule has 0 saturated carbocycles. The fourth-order valence-electron chi connectivity index (χ4n) is 3.49. The zero-order valence-corrected chi connectivity index (χ0v) is 15.2. The lowest BCUT2D eigenvalue weighted by Crippen LogP contribution is -2.39. The second-order valence-electron chi connectivity index (χ2n) is 6.55. The highest BCUT2D eigenvalue weighted by atomic mass is 32.1. The number of thiazole rings is 1. The molecule has 134 valence electrons. The molecule has 0 aliphatic carbocycles. The molecular formula is C19H19FN4OS. The summed E-state index contributed by atoms with van der Waals surface area (Å²) in [4.78, 5) is 18.9. The van der Waals surface area contributed by atoms with Gasteiger partial charge in [-0.3, -0.25) is 9.89 Å². The molecule has 1 aliphatic heterocycles. The fraction of sp³-hybridized carbons (Fsp3) is 0.316. The summed E-state index contributed by atoms with van der Waals surface area (Å²) in [5.74, 6) is -0.0938. The molecule has 5 nitrogen and oxygen atoms in total. The summed E-state index contributed by atoms with van der Waals surface area (Å²) in [5.41, 5.74) is 3.42. The molecule has 3 aromatic rings. The second kappa shape index (κ2) is 6.99. The number of hydrogen-bond donors (Lipinski definition) is 1. The standard InChI is InChI=1S/C19H19FN4OS/c1-12-22-17(11-26-12)19(25)24-8-2-3-14(10-24)18-16(9-21-23-18)13-4-6-15(20)7-5-13/h4-7,9,11,14H,2-3,8,10H2,1H3,(H,21,23). The van der Waals surface area contributed by atoms with Crippen molar-refractivity contribution in [3.05, 3.63) is 58.1 Å².